The summed E-state index contributed by atoms with van der Waals surface area (Å²) in [5.41, 5.74) is 12.1. The van der Waals surface area contributed by atoms with Crippen LogP contribution in [0.15, 0.2) is 24.8 Å². The van der Waals surface area contributed by atoms with Crippen molar-refractivity contribution in [3.63, 3.8) is 0 Å². The van der Waals surface area contributed by atoms with E-state index in [0.29, 0.717) is 28.7 Å². The largest absolute Gasteiger partial charge is 0.493 e. The Morgan fingerprint density at radius 2 is 2.09 bits per heavy atom. The number of nitrogens with two attached hydrogens (primary N) is 2. The smallest absolute Gasteiger partial charge is 0.222 e. The summed E-state index contributed by atoms with van der Waals surface area (Å²) in [5.74, 6) is 0.788. The Labute approximate surface area is 138 Å². The third-order valence-corrected chi connectivity index (χ3v) is 3.24. The number of methoxy groups -OCH3 is 1. The Hall–Kier alpha value is -2.98. The van der Waals surface area contributed by atoms with Gasteiger partial charge in [0.05, 0.1) is 17.8 Å². The van der Waals surface area contributed by atoms with Crippen LogP contribution in [0, 0.1) is 11.3 Å². The molecule has 0 unspecified atom stereocenters. The number of aromatic nitrogens is 2. The molecule has 8 heteroatoms. The van der Waals surface area contributed by atoms with Gasteiger partial charge in [0.25, 0.3) is 0 Å². The summed E-state index contributed by atoms with van der Waals surface area (Å²) in [6.45, 7) is 3.88. The maximum absolute atomic E-state index is 9.28. The lowest BCUT2D eigenvalue weighted by atomic mass is 10.1. The van der Waals surface area contributed by atoms with E-state index < -0.39 is 0 Å². The van der Waals surface area contributed by atoms with Crippen LogP contribution in [0.5, 0.6) is 11.5 Å². The Balaban J connectivity index is 2.66. The van der Waals surface area contributed by atoms with Gasteiger partial charge in [0.2, 0.25) is 5.95 Å². The van der Waals surface area contributed by atoms with Gasteiger partial charge in [-0.05, 0) is 6.07 Å². The average molecular weight is 332 g/mol. The first-order valence-corrected chi connectivity index (χ1v) is 6.84. The second-order valence-corrected chi connectivity index (χ2v) is 4.79. The molecule has 2 rings (SSSR count). The maximum atomic E-state index is 9.28. The fourth-order valence-corrected chi connectivity index (χ4v) is 2.18. The Morgan fingerprint density at radius 1 is 1.35 bits per heavy atom. The summed E-state index contributed by atoms with van der Waals surface area (Å²) in [7, 11) is 1.49. The van der Waals surface area contributed by atoms with Crippen LogP contribution in [-0.2, 0) is 0 Å². The van der Waals surface area contributed by atoms with Gasteiger partial charge in [-0.1, -0.05) is 24.3 Å². The molecular weight excluding hydrogens is 318 g/mol. The summed E-state index contributed by atoms with van der Waals surface area (Å²) < 4.78 is 10.8. The molecule has 0 spiro atoms. The lowest BCUT2D eigenvalue weighted by Gasteiger charge is -2.14. The fraction of sp³-hybridized carbons (Fsp3) is 0.133. The van der Waals surface area contributed by atoms with E-state index in [-0.39, 0.29) is 23.0 Å². The van der Waals surface area contributed by atoms with Crippen molar-refractivity contribution < 1.29 is 9.47 Å². The zero-order chi connectivity index (χ0) is 17.0. The lowest BCUT2D eigenvalue weighted by molar-refractivity contribution is 0.326. The van der Waals surface area contributed by atoms with Crippen LogP contribution < -0.4 is 20.9 Å². The molecule has 7 nitrogen and oxygen atoms in total. The molecule has 2 aromatic rings. The monoisotopic (exact) mass is 331 g/mol. The molecule has 1 aromatic carbocycles. The molecule has 23 heavy (non-hydrogen) atoms. The minimum atomic E-state index is -0.0569. The molecule has 0 saturated heterocycles. The molecule has 1 aromatic heterocycles. The van der Waals surface area contributed by atoms with Crippen molar-refractivity contribution in [2.75, 3.05) is 25.2 Å². The SMILES string of the molecule is C=CCOc1cc(Cl)c(-c2nc(N)nc(N)c2C#N)cc1OC. The molecular formula is C15H14ClN5O2. The van der Waals surface area contributed by atoms with Crippen LogP contribution in [0.1, 0.15) is 5.56 Å². The van der Waals surface area contributed by atoms with Crippen molar-refractivity contribution in [3.8, 4) is 28.8 Å². The summed E-state index contributed by atoms with van der Waals surface area (Å²) in [6.07, 6.45) is 1.60. The predicted molar refractivity (Wildman–Crippen MR) is 88.3 cm³/mol. The molecule has 0 saturated carbocycles. The molecule has 0 amide bonds. The first kappa shape index (κ1) is 16.4. The van der Waals surface area contributed by atoms with Crippen molar-refractivity contribution in [1.29, 1.82) is 5.26 Å². The standard InChI is InChI=1S/C15H14ClN5O2/c1-3-4-23-12-6-10(16)8(5-11(12)22-2)13-9(7-17)14(18)21-15(19)20-13/h3,5-6H,1,4H2,2H3,(H4,18,19,20,21). The number of ether oxygens (including phenoxy) is 2. The minimum absolute atomic E-state index is 0.0167. The van der Waals surface area contributed by atoms with Gasteiger partial charge in [-0.2, -0.15) is 10.2 Å². The quantitative estimate of drug-likeness (QED) is 0.807. The molecule has 0 fully saturated rings. The Kier molecular flexibility index (Phi) is 4.88. The molecule has 118 valence electrons. The maximum Gasteiger partial charge on any atom is 0.222 e. The zero-order valence-corrected chi connectivity index (χ0v) is 13.1. The van der Waals surface area contributed by atoms with Crippen molar-refractivity contribution in [1.82, 2.24) is 9.97 Å². The zero-order valence-electron chi connectivity index (χ0n) is 12.3. The Bertz CT molecular complexity index is 801. The van der Waals surface area contributed by atoms with Gasteiger partial charge in [-0.25, -0.2) is 4.98 Å². The van der Waals surface area contributed by atoms with Gasteiger partial charge in [0.15, 0.2) is 11.5 Å². The number of halogens is 1. The number of nitriles is 1. The Morgan fingerprint density at radius 3 is 2.70 bits per heavy atom. The van der Waals surface area contributed by atoms with Crippen LogP contribution >= 0.6 is 11.6 Å². The molecule has 0 aliphatic carbocycles. The van der Waals surface area contributed by atoms with E-state index in [4.69, 9.17) is 32.5 Å². The number of rotatable bonds is 5. The number of hydrogen-bond acceptors (Lipinski definition) is 7. The number of hydrogen-bond donors (Lipinski definition) is 2. The third kappa shape index (κ3) is 3.27. The number of benzene rings is 1. The number of nitrogen functional groups attached to an aromatic ring is 2. The summed E-state index contributed by atoms with van der Waals surface area (Å²) in [4.78, 5) is 7.84. The van der Waals surface area contributed by atoms with Gasteiger partial charge in [-0.15, -0.1) is 0 Å². The van der Waals surface area contributed by atoms with Gasteiger partial charge in [-0.3, -0.25) is 0 Å². The van der Waals surface area contributed by atoms with Crippen molar-refractivity contribution in [2.45, 2.75) is 0 Å². The summed E-state index contributed by atoms with van der Waals surface area (Å²) >= 11 is 6.29. The van der Waals surface area contributed by atoms with Crippen molar-refractivity contribution in [2.24, 2.45) is 0 Å². The first-order chi connectivity index (χ1) is 11.0. The van der Waals surface area contributed by atoms with Crippen molar-refractivity contribution >= 4 is 23.4 Å². The summed E-state index contributed by atoms with van der Waals surface area (Å²) in [6, 6.07) is 5.12. The molecule has 0 atom stereocenters. The second-order valence-electron chi connectivity index (χ2n) is 4.39. The molecule has 1 heterocycles. The van der Waals surface area contributed by atoms with Crippen LogP contribution in [0.2, 0.25) is 5.02 Å². The van der Waals surface area contributed by atoms with E-state index in [9.17, 15) is 5.26 Å². The highest BCUT2D eigenvalue weighted by Crippen LogP contribution is 2.39. The molecule has 0 aliphatic heterocycles. The van der Waals surface area contributed by atoms with Crippen molar-refractivity contribution in [3.05, 3.63) is 35.4 Å². The van der Waals surface area contributed by atoms with E-state index >= 15 is 0 Å². The van der Waals surface area contributed by atoms with Crippen LogP contribution in [0.4, 0.5) is 11.8 Å². The van der Waals surface area contributed by atoms with Crippen LogP contribution in [-0.4, -0.2) is 23.7 Å². The normalized spacial score (nSPS) is 9.96. The highest BCUT2D eigenvalue weighted by molar-refractivity contribution is 6.33. The topological polar surface area (TPSA) is 120 Å². The molecule has 0 bridgehead atoms. The van der Waals surface area contributed by atoms with E-state index in [1.807, 2.05) is 6.07 Å². The van der Waals surface area contributed by atoms with Gasteiger partial charge >= 0.3 is 0 Å². The first-order valence-electron chi connectivity index (χ1n) is 6.46. The predicted octanol–water partition coefficient (Wildman–Crippen LogP) is 2.41. The van der Waals surface area contributed by atoms with E-state index in [2.05, 4.69) is 16.5 Å². The molecule has 0 radical (unpaired) electrons. The van der Waals surface area contributed by atoms with Crippen LogP contribution in [0.25, 0.3) is 11.3 Å². The highest BCUT2D eigenvalue weighted by Gasteiger charge is 2.19. The van der Waals surface area contributed by atoms with Gasteiger partial charge in [0.1, 0.15) is 24.1 Å². The van der Waals surface area contributed by atoms with Gasteiger partial charge in [0, 0.05) is 11.6 Å². The van der Waals surface area contributed by atoms with Crippen LogP contribution in [0.3, 0.4) is 0 Å². The van der Waals surface area contributed by atoms with E-state index in [0.717, 1.165) is 0 Å². The number of anilines is 2. The average Bonchev–Trinajstić information content (AvgIpc) is 2.52. The molecule has 0 aliphatic rings. The molecule has 4 N–H and O–H groups in total. The summed E-state index contributed by atoms with van der Waals surface area (Å²) in [5, 5.41) is 9.58. The lowest BCUT2D eigenvalue weighted by Crippen LogP contribution is -2.05. The van der Waals surface area contributed by atoms with E-state index in [1.54, 1.807) is 18.2 Å². The third-order valence-electron chi connectivity index (χ3n) is 2.93. The second kappa shape index (κ2) is 6.85. The fourth-order valence-electron chi connectivity index (χ4n) is 1.94. The highest BCUT2D eigenvalue weighted by atomic mass is 35.5. The number of nitrogens with zero attached hydrogens (tertiary/aromatic N) is 3. The van der Waals surface area contributed by atoms with Gasteiger partial charge < -0.3 is 20.9 Å². The minimum Gasteiger partial charge on any atom is -0.493 e. The van der Waals surface area contributed by atoms with E-state index in [1.165, 1.54) is 7.11 Å².